The van der Waals surface area contributed by atoms with E-state index in [0.29, 0.717) is 0 Å². The molecule has 3 nitrogen and oxygen atoms in total. The Morgan fingerprint density at radius 3 is 2.08 bits per heavy atom. The van der Waals surface area contributed by atoms with Crippen LogP contribution < -0.4 is 5.32 Å². The number of anilines is 1. The Kier molecular flexibility index (Phi) is 4.48. The topological polar surface area (TPSA) is 38.3 Å². The van der Waals surface area contributed by atoms with E-state index in [1.54, 1.807) is 0 Å². The maximum absolute atomic E-state index is 14.0. The summed E-state index contributed by atoms with van der Waals surface area (Å²) in [5.74, 6) is -28.7. The van der Waals surface area contributed by atoms with Crippen LogP contribution in [0.5, 0.6) is 0 Å². The van der Waals surface area contributed by atoms with Gasteiger partial charge in [0.2, 0.25) is 0 Å². The van der Waals surface area contributed by atoms with Crippen LogP contribution in [0.3, 0.4) is 0 Å². The van der Waals surface area contributed by atoms with Crippen LogP contribution in [0.15, 0.2) is 18.2 Å². The largest absolute Gasteiger partial charge is 0.428 e. The van der Waals surface area contributed by atoms with Gasteiger partial charge in [-0.2, -0.15) is 39.5 Å². The van der Waals surface area contributed by atoms with Crippen LogP contribution in [0.1, 0.15) is 5.56 Å². The van der Waals surface area contributed by atoms with Gasteiger partial charge in [0.05, 0.1) is 0 Å². The molecule has 1 atom stereocenters. The summed E-state index contributed by atoms with van der Waals surface area (Å²) < 4.78 is 123. The van der Waals surface area contributed by atoms with Gasteiger partial charge in [-0.05, 0) is 24.6 Å². The summed E-state index contributed by atoms with van der Waals surface area (Å²) in [6, 6.07) is 3.31. The van der Waals surface area contributed by atoms with Crippen LogP contribution in [-0.2, 0) is 9.53 Å². The summed E-state index contributed by atoms with van der Waals surface area (Å²) in [6.07, 6.45) is -6.29. The molecule has 1 unspecified atom stereocenters. The molecule has 0 saturated carbocycles. The van der Waals surface area contributed by atoms with Crippen LogP contribution in [-0.4, -0.2) is 35.6 Å². The van der Waals surface area contributed by atoms with Gasteiger partial charge < -0.3 is 5.32 Å². The summed E-state index contributed by atoms with van der Waals surface area (Å²) in [5, 5.41) is 1.19. The standard InChI is InChI=1S/C13H7ClF9NO2/c1-5-6(14)3-2-4-7(5)24-8(25)9(15,16)12(21)10(17,18)11(19,20)13(22,23)26-12/h2-4H,1H3,(H,24,25). The second-order valence-corrected chi connectivity index (χ2v) is 5.71. The van der Waals surface area contributed by atoms with Gasteiger partial charge in [-0.25, -0.2) is 0 Å². The van der Waals surface area contributed by atoms with Gasteiger partial charge in [0.25, 0.3) is 0 Å². The number of alkyl halides is 9. The van der Waals surface area contributed by atoms with E-state index in [2.05, 4.69) is 4.74 Å². The summed E-state index contributed by atoms with van der Waals surface area (Å²) in [6.45, 7) is 1.18. The Bertz CT molecular complexity index is 755. The fraction of sp³-hybridized carbons (Fsp3) is 0.462. The molecule has 0 aliphatic carbocycles. The van der Waals surface area contributed by atoms with E-state index in [1.807, 2.05) is 0 Å². The lowest BCUT2D eigenvalue weighted by molar-refractivity contribution is -0.366. The van der Waals surface area contributed by atoms with Crippen LogP contribution in [0.4, 0.5) is 45.2 Å². The van der Waals surface area contributed by atoms with E-state index < -0.39 is 41.3 Å². The van der Waals surface area contributed by atoms with E-state index >= 15 is 0 Å². The Hall–Kier alpha value is -1.69. The highest BCUT2D eigenvalue weighted by Crippen LogP contribution is 2.64. The van der Waals surface area contributed by atoms with Crippen molar-refractivity contribution in [3.05, 3.63) is 28.8 Å². The molecule has 0 radical (unpaired) electrons. The molecule has 1 N–H and O–H groups in total. The molecule has 1 aliphatic rings. The molecular weight excluding hydrogens is 409 g/mol. The Labute approximate surface area is 144 Å². The number of hydrogen-bond acceptors (Lipinski definition) is 2. The zero-order chi connectivity index (χ0) is 20.3. The smallest absolute Gasteiger partial charge is 0.320 e. The molecule has 0 bridgehead atoms. The zero-order valence-corrected chi connectivity index (χ0v) is 13.1. The quantitative estimate of drug-likeness (QED) is 0.722. The number of amides is 1. The molecule has 1 aliphatic heterocycles. The fourth-order valence-electron chi connectivity index (χ4n) is 2.04. The number of ether oxygens (including phenoxy) is 1. The van der Waals surface area contributed by atoms with E-state index in [1.165, 1.54) is 18.3 Å². The van der Waals surface area contributed by atoms with Crippen LogP contribution in [0, 0.1) is 6.92 Å². The molecular formula is C13H7ClF9NO2. The van der Waals surface area contributed by atoms with Crippen LogP contribution >= 0.6 is 11.6 Å². The third kappa shape index (κ3) is 2.45. The highest BCUT2D eigenvalue weighted by molar-refractivity contribution is 6.31. The lowest BCUT2D eigenvalue weighted by Gasteiger charge is -2.31. The Morgan fingerprint density at radius 2 is 1.62 bits per heavy atom. The summed E-state index contributed by atoms with van der Waals surface area (Å²) in [4.78, 5) is 11.6. The number of carbonyl (C=O) groups excluding carboxylic acids is 1. The number of hydrogen-bond donors (Lipinski definition) is 1. The number of nitrogens with one attached hydrogen (secondary N) is 1. The molecule has 1 aromatic carbocycles. The minimum Gasteiger partial charge on any atom is -0.320 e. The van der Waals surface area contributed by atoms with Gasteiger partial charge in [0.1, 0.15) is 0 Å². The summed E-state index contributed by atoms with van der Waals surface area (Å²) in [7, 11) is 0. The van der Waals surface area contributed by atoms with Crippen molar-refractivity contribution in [1.82, 2.24) is 0 Å². The maximum atomic E-state index is 14.0. The predicted molar refractivity (Wildman–Crippen MR) is 69.5 cm³/mol. The minimum absolute atomic E-state index is 0.0685. The summed E-state index contributed by atoms with van der Waals surface area (Å²) >= 11 is 5.63. The zero-order valence-electron chi connectivity index (χ0n) is 12.3. The molecule has 26 heavy (non-hydrogen) atoms. The molecule has 0 spiro atoms. The normalized spacial score (nSPS) is 26.6. The lowest BCUT2D eigenvalue weighted by atomic mass is 9.99. The van der Waals surface area contributed by atoms with Gasteiger partial charge >= 0.3 is 35.6 Å². The highest BCUT2D eigenvalue weighted by Gasteiger charge is 2.96. The molecule has 1 saturated heterocycles. The first-order valence-electron chi connectivity index (χ1n) is 6.50. The van der Waals surface area contributed by atoms with Crippen molar-refractivity contribution in [1.29, 1.82) is 0 Å². The van der Waals surface area contributed by atoms with Gasteiger partial charge in [-0.1, -0.05) is 17.7 Å². The molecule has 146 valence electrons. The first-order valence-corrected chi connectivity index (χ1v) is 6.87. The molecule has 1 aromatic rings. The first-order chi connectivity index (χ1) is 11.5. The number of halogens is 10. The second-order valence-electron chi connectivity index (χ2n) is 5.30. The van der Waals surface area contributed by atoms with Gasteiger partial charge in [0, 0.05) is 10.7 Å². The Balaban J connectivity index is 2.46. The van der Waals surface area contributed by atoms with Gasteiger partial charge in [0.15, 0.2) is 0 Å². The lowest BCUT2D eigenvalue weighted by Crippen LogP contribution is -2.63. The minimum atomic E-state index is -6.73. The molecule has 1 amide bonds. The molecule has 13 heteroatoms. The van der Waals surface area contributed by atoms with E-state index in [4.69, 9.17) is 11.6 Å². The number of rotatable bonds is 3. The van der Waals surface area contributed by atoms with Crippen molar-refractivity contribution < 1.29 is 49.0 Å². The third-order valence-corrected chi connectivity index (χ3v) is 4.05. The second kappa shape index (κ2) is 5.65. The van der Waals surface area contributed by atoms with Gasteiger partial charge in [-0.3, -0.25) is 9.53 Å². The van der Waals surface area contributed by atoms with E-state index in [9.17, 15) is 44.3 Å². The van der Waals surface area contributed by atoms with Gasteiger partial charge in [-0.15, -0.1) is 0 Å². The molecule has 1 fully saturated rings. The van der Waals surface area contributed by atoms with Crippen molar-refractivity contribution >= 4 is 23.2 Å². The maximum Gasteiger partial charge on any atom is 0.428 e. The van der Waals surface area contributed by atoms with Crippen molar-refractivity contribution in [2.45, 2.75) is 36.7 Å². The number of benzene rings is 1. The third-order valence-electron chi connectivity index (χ3n) is 3.64. The fourth-order valence-corrected chi connectivity index (χ4v) is 2.22. The molecule has 2 rings (SSSR count). The van der Waals surface area contributed by atoms with Crippen LogP contribution in [0.2, 0.25) is 5.02 Å². The van der Waals surface area contributed by atoms with E-state index in [-0.39, 0.29) is 10.6 Å². The SMILES string of the molecule is Cc1c(Cl)cccc1NC(=O)C(F)(F)C1(F)OC(F)(F)C(F)(F)C1(F)F. The molecule has 0 aromatic heterocycles. The van der Waals surface area contributed by atoms with E-state index in [0.717, 1.165) is 12.1 Å². The average molecular weight is 416 g/mol. The number of carbonyl (C=O) groups is 1. The van der Waals surface area contributed by atoms with Crippen molar-refractivity contribution in [3.63, 3.8) is 0 Å². The van der Waals surface area contributed by atoms with Crippen LogP contribution in [0.25, 0.3) is 0 Å². The first kappa shape index (κ1) is 20.6. The highest BCUT2D eigenvalue weighted by atomic mass is 35.5. The average Bonchev–Trinajstić information content (AvgIpc) is 2.59. The van der Waals surface area contributed by atoms with Crippen molar-refractivity contribution in [2.75, 3.05) is 5.32 Å². The Morgan fingerprint density at radius 1 is 1.08 bits per heavy atom. The summed E-state index contributed by atoms with van der Waals surface area (Å²) in [5.41, 5.74) is -0.591. The predicted octanol–water partition coefficient (Wildman–Crippen LogP) is 4.78. The monoisotopic (exact) mass is 415 g/mol. The van der Waals surface area contributed by atoms with Crippen molar-refractivity contribution in [3.8, 4) is 0 Å². The van der Waals surface area contributed by atoms with Crippen molar-refractivity contribution in [2.24, 2.45) is 0 Å². The molecule has 1 heterocycles.